The summed E-state index contributed by atoms with van der Waals surface area (Å²) in [6, 6.07) is 11.6. The number of anilines is 1. The molecule has 1 aromatic heterocycles. The van der Waals surface area contributed by atoms with Gasteiger partial charge in [0.2, 0.25) is 0 Å². The maximum absolute atomic E-state index is 13.1. The van der Waals surface area contributed by atoms with Crippen LogP contribution >= 0.6 is 0 Å². The first-order chi connectivity index (χ1) is 12.8. The Balaban J connectivity index is 1.88. The monoisotopic (exact) mass is 376 g/mol. The van der Waals surface area contributed by atoms with E-state index in [1.54, 1.807) is 31.2 Å². The van der Waals surface area contributed by atoms with Gasteiger partial charge in [0.1, 0.15) is 5.75 Å². The second-order valence-corrected chi connectivity index (χ2v) is 5.63. The molecule has 0 aliphatic heterocycles. The highest BCUT2D eigenvalue weighted by Crippen LogP contribution is 2.34. The minimum Gasteiger partial charge on any atom is -0.497 e. The summed E-state index contributed by atoms with van der Waals surface area (Å²) in [4.78, 5) is 12.4. The summed E-state index contributed by atoms with van der Waals surface area (Å²) in [7, 11) is 1.54. The van der Waals surface area contributed by atoms with Crippen molar-refractivity contribution in [3.8, 4) is 11.4 Å². The van der Waals surface area contributed by atoms with Crippen LogP contribution in [0.1, 0.15) is 21.7 Å². The minimum atomic E-state index is -4.58. The van der Waals surface area contributed by atoms with Crippen LogP contribution in [0.3, 0.4) is 0 Å². The molecule has 0 unspecified atom stereocenters. The fraction of sp³-hybridized carbons (Fsp3) is 0.167. The highest BCUT2D eigenvalue weighted by molar-refractivity contribution is 6.04. The van der Waals surface area contributed by atoms with Gasteiger partial charge in [-0.2, -0.15) is 13.2 Å². The van der Waals surface area contributed by atoms with Crippen LogP contribution in [-0.4, -0.2) is 28.0 Å². The average molecular weight is 376 g/mol. The zero-order valence-electron chi connectivity index (χ0n) is 14.4. The van der Waals surface area contributed by atoms with Crippen molar-refractivity contribution in [3.05, 3.63) is 65.5 Å². The summed E-state index contributed by atoms with van der Waals surface area (Å²) in [5.41, 5.74) is -0.313. The van der Waals surface area contributed by atoms with Gasteiger partial charge >= 0.3 is 6.18 Å². The van der Waals surface area contributed by atoms with Crippen molar-refractivity contribution >= 4 is 11.6 Å². The Kier molecular flexibility index (Phi) is 4.85. The third-order valence-corrected chi connectivity index (χ3v) is 3.91. The van der Waals surface area contributed by atoms with E-state index in [9.17, 15) is 18.0 Å². The van der Waals surface area contributed by atoms with E-state index in [0.29, 0.717) is 17.1 Å². The Morgan fingerprint density at radius 3 is 2.41 bits per heavy atom. The number of hydrogen-bond acceptors (Lipinski definition) is 4. The molecule has 0 aliphatic carbocycles. The van der Waals surface area contributed by atoms with Crippen molar-refractivity contribution in [1.82, 2.24) is 15.0 Å². The number of hydrogen-bond donors (Lipinski definition) is 1. The summed E-state index contributed by atoms with van der Waals surface area (Å²) in [5.74, 6) is -0.123. The molecule has 2 aromatic carbocycles. The Bertz CT molecular complexity index is 965. The van der Waals surface area contributed by atoms with Crippen LogP contribution in [0.5, 0.6) is 5.75 Å². The summed E-state index contributed by atoms with van der Waals surface area (Å²) in [6.45, 7) is 1.61. The summed E-state index contributed by atoms with van der Waals surface area (Å²) in [6.07, 6.45) is -4.58. The second-order valence-electron chi connectivity index (χ2n) is 5.63. The number of carbonyl (C=O) groups excluding carboxylic acids is 1. The molecule has 0 bridgehead atoms. The van der Waals surface area contributed by atoms with Gasteiger partial charge in [-0.15, -0.1) is 5.10 Å². The molecular formula is C18H15F3N4O2. The van der Waals surface area contributed by atoms with Gasteiger partial charge in [0.25, 0.3) is 5.91 Å². The van der Waals surface area contributed by atoms with Gasteiger partial charge in [0, 0.05) is 0 Å². The number of carbonyl (C=O) groups is 1. The van der Waals surface area contributed by atoms with Gasteiger partial charge in [-0.05, 0) is 43.3 Å². The number of ether oxygens (including phenoxy) is 1. The lowest BCUT2D eigenvalue weighted by molar-refractivity contribution is -0.136. The summed E-state index contributed by atoms with van der Waals surface area (Å²) >= 11 is 0. The topological polar surface area (TPSA) is 69.0 Å². The summed E-state index contributed by atoms with van der Waals surface area (Å²) < 4.78 is 45.7. The number of alkyl halides is 3. The van der Waals surface area contributed by atoms with E-state index in [1.807, 2.05) is 0 Å². The highest BCUT2D eigenvalue weighted by atomic mass is 19.4. The lowest BCUT2D eigenvalue weighted by atomic mass is 10.1. The van der Waals surface area contributed by atoms with Crippen molar-refractivity contribution < 1.29 is 22.7 Å². The normalized spacial score (nSPS) is 11.3. The van der Waals surface area contributed by atoms with E-state index in [4.69, 9.17) is 4.74 Å². The van der Waals surface area contributed by atoms with Crippen molar-refractivity contribution in [2.24, 2.45) is 0 Å². The number of methoxy groups -OCH3 is 1. The molecule has 1 amide bonds. The molecule has 0 aliphatic rings. The molecule has 27 heavy (non-hydrogen) atoms. The number of nitrogens with one attached hydrogen (secondary N) is 1. The first kappa shape index (κ1) is 18.4. The number of benzene rings is 2. The molecule has 1 heterocycles. The van der Waals surface area contributed by atoms with E-state index in [-0.39, 0.29) is 11.4 Å². The molecule has 6 nitrogen and oxygen atoms in total. The molecule has 0 fully saturated rings. The first-order valence-corrected chi connectivity index (χ1v) is 7.85. The predicted octanol–water partition coefficient (Wildman–Crippen LogP) is 3.86. The van der Waals surface area contributed by atoms with Gasteiger partial charge in [-0.3, -0.25) is 4.79 Å². The molecule has 0 saturated carbocycles. The number of para-hydroxylation sites is 1. The Morgan fingerprint density at radius 1 is 1.11 bits per heavy atom. The maximum Gasteiger partial charge on any atom is 0.418 e. The fourth-order valence-electron chi connectivity index (χ4n) is 2.53. The van der Waals surface area contributed by atoms with Crippen LogP contribution < -0.4 is 10.1 Å². The Morgan fingerprint density at radius 2 is 1.78 bits per heavy atom. The van der Waals surface area contributed by atoms with Crippen LogP contribution in [0.4, 0.5) is 18.9 Å². The van der Waals surface area contributed by atoms with E-state index in [0.717, 1.165) is 6.07 Å². The maximum atomic E-state index is 13.1. The smallest absolute Gasteiger partial charge is 0.418 e. The number of aromatic nitrogens is 3. The quantitative estimate of drug-likeness (QED) is 0.751. The second kappa shape index (κ2) is 7.10. The molecule has 0 spiro atoms. The Labute approximate surface area is 152 Å². The van der Waals surface area contributed by atoms with Crippen molar-refractivity contribution in [2.75, 3.05) is 12.4 Å². The molecule has 3 aromatic rings. The molecule has 0 saturated heterocycles. The zero-order chi connectivity index (χ0) is 19.6. The van der Waals surface area contributed by atoms with E-state index >= 15 is 0 Å². The summed E-state index contributed by atoms with van der Waals surface area (Å²) in [5, 5.41) is 9.99. The lowest BCUT2D eigenvalue weighted by Crippen LogP contribution is -2.18. The molecular weight excluding hydrogens is 361 g/mol. The van der Waals surface area contributed by atoms with Gasteiger partial charge in [0.05, 0.1) is 29.7 Å². The Hall–Kier alpha value is -3.36. The molecule has 0 radical (unpaired) electrons. The van der Waals surface area contributed by atoms with Crippen LogP contribution in [0.25, 0.3) is 5.69 Å². The average Bonchev–Trinajstić information content (AvgIpc) is 3.03. The molecule has 1 N–H and O–H groups in total. The molecule has 3 rings (SSSR count). The number of amides is 1. The van der Waals surface area contributed by atoms with Gasteiger partial charge < -0.3 is 10.1 Å². The fourth-order valence-corrected chi connectivity index (χ4v) is 2.53. The van der Waals surface area contributed by atoms with Crippen LogP contribution in [0.15, 0.2) is 48.5 Å². The zero-order valence-corrected chi connectivity index (χ0v) is 14.4. The van der Waals surface area contributed by atoms with Gasteiger partial charge in [0.15, 0.2) is 5.69 Å². The van der Waals surface area contributed by atoms with Gasteiger partial charge in [-0.25, -0.2) is 4.68 Å². The van der Waals surface area contributed by atoms with Crippen molar-refractivity contribution in [3.63, 3.8) is 0 Å². The van der Waals surface area contributed by atoms with E-state index < -0.39 is 17.6 Å². The number of halogens is 3. The van der Waals surface area contributed by atoms with E-state index in [2.05, 4.69) is 15.6 Å². The van der Waals surface area contributed by atoms with Crippen LogP contribution in [-0.2, 0) is 6.18 Å². The number of nitrogens with zero attached hydrogens (tertiary/aromatic N) is 3. The lowest BCUT2D eigenvalue weighted by Gasteiger charge is -2.13. The SMILES string of the molecule is COc1ccc(-n2nnc(C(=O)Nc3ccccc3C(F)(F)F)c2C)cc1. The largest absolute Gasteiger partial charge is 0.497 e. The van der Waals surface area contributed by atoms with Gasteiger partial charge in [-0.1, -0.05) is 17.3 Å². The van der Waals surface area contributed by atoms with Crippen LogP contribution in [0, 0.1) is 6.92 Å². The third kappa shape index (κ3) is 3.76. The third-order valence-electron chi connectivity index (χ3n) is 3.91. The van der Waals surface area contributed by atoms with Crippen molar-refractivity contribution in [1.29, 1.82) is 0 Å². The molecule has 0 atom stereocenters. The highest BCUT2D eigenvalue weighted by Gasteiger charge is 2.34. The van der Waals surface area contributed by atoms with Crippen LogP contribution in [0.2, 0.25) is 0 Å². The van der Waals surface area contributed by atoms with Crippen molar-refractivity contribution in [2.45, 2.75) is 13.1 Å². The molecule has 9 heteroatoms. The van der Waals surface area contributed by atoms with E-state index in [1.165, 1.54) is 30.0 Å². The standard InChI is InChI=1S/C18H15F3N4O2/c1-11-16(23-24-25(11)12-7-9-13(27-2)10-8-12)17(26)22-15-6-4-3-5-14(15)18(19,20)21/h3-10H,1-2H3,(H,22,26). The first-order valence-electron chi connectivity index (χ1n) is 7.85. The molecule has 140 valence electrons. The minimum absolute atomic E-state index is 0.0669. The predicted molar refractivity (Wildman–Crippen MR) is 92.0 cm³/mol. The number of rotatable bonds is 4.